The number of carbonyl (C=O) groups excluding carboxylic acids is 1. The molecule has 0 radical (unpaired) electrons. The van der Waals surface area contributed by atoms with Gasteiger partial charge in [-0.3, -0.25) is 0 Å². The van der Waals surface area contributed by atoms with Crippen LogP contribution < -0.4 is 25.2 Å². The number of thiocarbonyl (C=S) groups is 1. The Morgan fingerprint density at radius 2 is 1.76 bits per heavy atom. The molecule has 25 heavy (non-hydrogen) atoms. The molecule has 2 aromatic carbocycles. The van der Waals surface area contributed by atoms with Crippen LogP contribution in [0.2, 0.25) is 0 Å². The number of hydrogen-bond acceptors (Lipinski definition) is 5. The maximum atomic E-state index is 10.7. The second-order valence-electron chi connectivity index (χ2n) is 5.19. The summed E-state index contributed by atoms with van der Waals surface area (Å²) in [5, 5.41) is 17.3. The smallest absolute Gasteiger partial charge is 0.170 e. The van der Waals surface area contributed by atoms with Crippen molar-refractivity contribution in [3.63, 3.8) is 0 Å². The van der Waals surface area contributed by atoms with Gasteiger partial charge >= 0.3 is 0 Å². The molecule has 0 aliphatic heterocycles. The molecule has 6 nitrogen and oxygen atoms in total. The van der Waals surface area contributed by atoms with Crippen molar-refractivity contribution in [2.75, 3.05) is 26.1 Å². The third-order valence-corrected chi connectivity index (χ3v) is 3.77. The number of methoxy groups -OCH3 is 2. The number of nitrogens with one attached hydrogen (secondary N) is 2. The SMILES string of the molecule is COc1ccc(CCNC(=S)Nc2ccc(C(=O)[O-])cc2)cc1OC. The first-order valence-corrected chi connectivity index (χ1v) is 8.01. The minimum Gasteiger partial charge on any atom is -0.545 e. The van der Waals surface area contributed by atoms with Gasteiger partial charge in [0.05, 0.1) is 20.2 Å². The maximum Gasteiger partial charge on any atom is 0.170 e. The first-order chi connectivity index (χ1) is 12.0. The second kappa shape index (κ2) is 8.89. The summed E-state index contributed by atoms with van der Waals surface area (Å²) in [5.74, 6) is 0.173. The maximum absolute atomic E-state index is 10.7. The van der Waals surface area contributed by atoms with Crippen molar-refractivity contribution < 1.29 is 19.4 Å². The highest BCUT2D eigenvalue weighted by molar-refractivity contribution is 7.80. The van der Waals surface area contributed by atoms with Crippen LogP contribution >= 0.6 is 12.2 Å². The van der Waals surface area contributed by atoms with Gasteiger partial charge in [0.25, 0.3) is 0 Å². The molecule has 2 rings (SSSR count). The van der Waals surface area contributed by atoms with Gasteiger partial charge < -0.3 is 30.0 Å². The van der Waals surface area contributed by atoms with Crippen LogP contribution in [0.3, 0.4) is 0 Å². The number of ether oxygens (including phenoxy) is 2. The molecular formula is C18H19N2O4S-. The number of carboxylic acid groups (broad SMARTS) is 1. The van der Waals surface area contributed by atoms with Gasteiger partial charge in [0.1, 0.15) is 0 Å². The van der Waals surface area contributed by atoms with E-state index in [9.17, 15) is 9.90 Å². The highest BCUT2D eigenvalue weighted by atomic mass is 32.1. The molecule has 0 saturated carbocycles. The van der Waals surface area contributed by atoms with Crippen LogP contribution in [-0.4, -0.2) is 31.8 Å². The topological polar surface area (TPSA) is 82.7 Å². The van der Waals surface area contributed by atoms with Crippen LogP contribution in [0.15, 0.2) is 42.5 Å². The highest BCUT2D eigenvalue weighted by Gasteiger charge is 2.05. The average Bonchev–Trinajstić information content (AvgIpc) is 2.62. The van der Waals surface area contributed by atoms with Crippen molar-refractivity contribution in [1.29, 1.82) is 0 Å². The van der Waals surface area contributed by atoms with E-state index in [1.54, 1.807) is 26.4 Å². The Kier molecular flexibility index (Phi) is 6.59. The van der Waals surface area contributed by atoms with Crippen LogP contribution in [0.5, 0.6) is 11.5 Å². The van der Waals surface area contributed by atoms with Gasteiger partial charge in [-0.05, 0) is 54.0 Å². The molecular weight excluding hydrogens is 340 g/mol. The zero-order valence-electron chi connectivity index (χ0n) is 14.0. The molecule has 2 aromatic rings. The number of benzene rings is 2. The lowest BCUT2D eigenvalue weighted by Gasteiger charge is -2.12. The summed E-state index contributed by atoms with van der Waals surface area (Å²) >= 11 is 5.23. The van der Waals surface area contributed by atoms with Crippen molar-refractivity contribution in [1.82, 2.24) is 5.32 Å². The number of carbonyl (C=O) groups is 1. The van der Waals surface area contributed by atoms with Crippen molar-refractivity contribution in [3.8, 4) is 11.5 Å². The fourth-order valence-electron chi connectivity index (χ4n) is 2.22. The summed E-state index contributed by atoms with van der Waals surface area (Å²) in [4.78, 5) is 10.7. The molecule has 132 valence electrons. The molecule has 0 aromatic heterocycles. The van der Waals surface area contributed by atoms with E-state index in [0.717, 1.165) is 12.0 Å². The Labute approximate surface area is 151 Å². The molecule has 0 aliphatic rings. The minimum atomic E-state index is -1.21. The molecule has 0 bridgehead atoms. The third kappa shape index (κ3) is 5.36. The number of carboxylic acids is 1. The summed E-state index contributed by atoms with van der Waals surface area (Å²) < 4.78 is 10.5. The zero-order valence-corrected chi connectivity index (χ0v) is 14.8. The van der Waals surface area contributed by atoms with Crippen LogP contribution in [0.1, 0.15) is 15.9 Å². The Morgan fingerprint density at radius 1 is 1.08 bits per heavy atom. The number of hydrogen-bond donors (Lipinski definition) is 2. The zero-order chi connectivity index (χ0) is 18.2. The van der Waals surface area contributed by atoms with Crippen LogP contribution in [0.25, 0.3) is 0 Å². The first-order valence-electron chi connectivity index (χ1n) is 7.60. The van der Waals surface area contributed by atoms with Crippen LogP contribution in [0.4, 0.5) is 5.69 Å². The summed E-state index contributed by atoms with van der Waals surface area (Å²) in [6.07, 6.45) is 0.756. The molecule has 0 unspecified atom stereocenters. The Balaban J connectivity index is 1.83. The van der Waals surface area contributed by atoms with Gasteiger partial charge in [0.15, 0.2) is 16.6 Å². The lowest BCUT2D eigenvalue weighted by molar-refractivity contribution is -0.255. The standard InChI is InChI=1S/C18H20N2O4S/c1-23-15-8-3-12(11-16(15)24-2)9-10-19-18(25)20-14-6-4-13(5-7-14)17(21)22/h3-8,11H,9-10H2,1-2H3,(H,21,22)(H2,19,20,25)/p-1. The Hall–Kier alpha value is -2.80. The summed E-state index contributed by atoms with van der Waals surface area (Å²) in [6, 6.07) is 12.0. The van der Waals surface area contributed by atoms with E-state index in [0.29, 0.717) is 28.8 Å². The molecule has 0 atom stereocenters. The fraction of sp³-hybridized carbons (Fsp3) is 0.222. The predicted molar refractivity (Wildman–Crippen MR) is 98.2 cm³/mol. The molecule has 7 heteroatoms. The summed E-state index contributed by atoms with van der Waals surface area (Å²) in [6.45, 7) is 0.637. The molecule has 0 fully saturated rings. The number of aromatic carboxylic acids is 1. The van der Waals surface area contributed by atoms with Gasteiger partial charge in [0.2, 0.25) is 0 Å². The van der Waals surface area contributed by atoms with E-state index >= 15 is 0 Å². The average molecular weight is 359 g/mol. The van der Waals surface area contributed by atoms with Crippen molar-refractivity contribution in [3.05, 3.63) is 53.6 Å². The van der Waals surface area contributed by atoms with Crippen molar-refractivity contribution in [2.45, 2.75) is 6.42 Å². The van der Waals surface area contributed by atoms with Crippen LogP contribution in [0, 0.1) is 0 Å². The van der Waals surface area contributed by atoms with E-state index in [4.69, 9.17) is 21.7 Å². The number of rotatable bonds is 7. The van der Waals surface area contributed by atoms with E-state index in [2.05, 4.69) is 10.6 Å². The quantitative estimate of drug-likeness (QED) is 0.727. The van der Waals surface area contributed by atoms with Gasteiger partial charge in [-0.1, -0.05) is 18.2 Å². The van der Waals surface area contributed by atoms with Gasteiger partial charge in [0, 0.05) is 12.2 Å². The Bertz CT molecular complexity index is 747. The molecule has 2 N–H and O–H groups in total. The molecule has 0 amide bonds. The summed E-state index contributed by atoms with van der Waals surface area (Å²) in [5.41, 5.74) is 1.91. The molecule has 0 aliphatic carbocycles. The number of anilines is 1. The van der Waals surface area contributed by atoms with Gasteiger partial charge in [-0.15, -0.1) is 0 Å². The lowest BCUT2D eigenvalue weighted by Crippen LogP contribution is -2.30. The molecule has 0 heterocycles. The largest absolute Gasteiger partial charge is 0.545 e. The van der Waals surface area contributed by atoms with Crippen molar-refractivity contribution in [2.24, 2.45) is 0 Å². The summed E-state index contributed by atoms with van der Waals surface area (Å²) in [7, 11) is 3.20. The van der Waals surface area contributed by atoms with E-state index in [1.165, 1.54) is 12.1 Å². The normalized spacial score (nSPS) is 10.0. The van der Waals surface area contributed by atoms with E-state index < -0.39 is 5.97 Å². The van der Waals surface area contributed by atoms with E-state index in [1.807, 2.05) is 18.2 Å². The second-order valence-corrected chi connectivity index (χ2v) is 5.59. The van der Waals surface area contributed by atoms with Gasteiger partial charge in [-0.25, -0.2) is 0 Å². The predicted octanol–water partition coefficient (Wildman–Crippen LogP) is 1.60. The van der Waals surface area contributed by atoms with E-state index in [-0.39, 0.29) is 5.56 Å². The third-order valence-electron chi connectivity index (χ3n) is 3.53. The van der Waals surface area contributed by atoms with Crippen molar-refractivity contribution >= 4 is 29.0 Å². The molecule has 0 saturated heterocycles. The minimum absolute atomic E-state index is 0.123. The lowest BCUT2D eigenvalue weighted by atomic mass is 10.1. The van der Waals surface area contributed by atoms with Gasteiger partial charge in [-0.2, -0.15) is 0 Å². The van der Waals surface area contributed by atoms with Crippen LogP contribution in [-0.2, 0) is 6.42 Å². The fourth-order valence-corrected chi connectivity index (χ4v) is 2.44. The highest BCUT2D eigenvalue weighted by Crippen LogP contribution is 2.27. The first kappa shape index (κ1) is 18.5. The Morgan fingerprint density at radius 3 is 2.36 bits per heavy atom. The monoisotopic (exact) mass is 359 g/mol. The molecule has 0 spiro atoms.